The first-order chi connectivity index (χ1) is 8.72. The van der Waals surface area contributed by atoms with Crippen molar-refractivity contribution < 1.29 is 9.53 Å². The van der Waals surface area contributed by atoms with Gasteiger partial charge in [0.05, 0.1) is 7.11 Å². The molecular weight excluding hydrogens is 224 g/mol. The third-order valence-corrected chi connectivity index (χ3v) is 3.36. The predicted octanol–water partition coefficient (Wildman–Crippen LogP) is 3.53. The highest BCUT2D eigenvalue weighted by Crippen LogP contribution is 2.33. The lowest BCUT2D eigenvalue weighted by Crippen LogP contribution is -2.03. The molecule has 0 amide bonds. The van der Waals surface area contributed by atoms with Crippen molar-refractivity contribution in [3.63, 3.8) is 0 Å². The van der Waals surface area contributed by atoms with Gasteiger partial charge >= 0.3 is 5.97 Å². The number of esters is 1. The molecule has 0 fully saturated rings. The third-order valence-electron chi connectivity index (χ3n) is 3.36. The molecule has 2 rings (SSSR count). The lowest BCUT2D eigenvalue weighted by molar-refractivity contribution is -0.134. The van der Waals surface area contributed by atoms with Crippen molar-refractivity contribution >= 4 is 11.5 Å². The van der Waals surface area contributed by atoms with Crippen LogP contribution < -0.4 is 0 Å². The number of benzene rings is 1. The van der Waals surface area contributed by atoms with E-state index in [0.29, 0.717) is 0 Å². The zero-order valence-electron chi connectivity index (χ0n) is 10.9. The van der Waals surface area contributed by atoms with Gasteiger partial charge in [-0.3, -0.25) is 0 Å². The maximum absolute atomic E-state index is 11.1. The van der Waals surface area contributed by atoms with E-state index in [-0.39, 0.29) is 5.97 Å². The molecule has 94 valence electrons. The van der Waals surface area contributed by atoms with Crippen LogP contribution in [0.25, 0.3) is 5.57 Å². The van der Waals surface area contributed by atoms with Crippen molar-refractivity contribution in [2.45, 2.75) is 26.2 Å². The topological polar surface area (TPSA) is 26.3 Å². The summed E-state index contributed by atoms with van der Waals surface area (Å²) in [6.45, 7) is 2.05. The molecule has 2 heteroatoms. The smallest absolute Gasteiger partial charge is 0.330 e. The van der Waals surface area contributed by atoms with Crippen LogP contribution in [0.15, 0.2) is 42.0 Å². The Bertz CT molecular complexity index is 510. The van der Waals surface area contributed by atoms with Gasteiger partial charge in [0.25, 0.3) is 0 Å². The maximum atomic E-state index is 11.1. The van der Waals surface area contributed by atoms with Gasteiger partial charge in [-0.25, -0.2) is 4.79 Å². The molecule has 0 saturated heterocycles. The van der Waals surface area contributed by atoms with Crippen molar-refractivity contribution in [1.29, 1.82) is 0 Å². The molecule has 0 radical (unpaired) electrons. The Hall–Kier alpha value is -1.83. The van der Waals surface area contributed by atoms with Crippen LogP contribution in [0.3, 0.4) is 0 Å². The highest BCUT2D eigenvalue weighted by Gasteiger charge is 2.14. The fourth-order valence-electron chi connectivity index (χ4n) is 2.39. The Balaban J connectivity index is 2.34. The number of carbonyl (C=O) groups excluding carboxylic acids is 1. The van der Waals surface area contributed by atoms with Crippen molar-refractivity contribution in [2.24, 2.45) is 0 Å². The van der Waals surface area contributed by atoms with E-state index >= 15 is 0 Å². The number of rotatable bonds is 2. The molecule has 0 unspecified atom stereocenters. The number of hydrogen-bond acceptors (Lipinski definition) is 2. The molecule has 2 nitrogen and oxygen atoms in total. The van der Waals surface area contributed by atoms with Crippen LogP contribution >= 0.6 is 0 Å². The van der Waals surface area contributed by atoms with Crippen LogP contribution in [0.5, 0.6) is 0 Å². The van der Waals surface area contributed by atoms with Crippen LogP contribution in [0.2, 0.25) is 0 Å². The second-order valence-corrected chi connectivity index (χ2v) is 4.53. The second-order valence-electron chi connectivity index (χ2n) is 4.53. The predicted molar refractivity (Wildman–Crippen MR) is 73.1 cm³/mol. The van der Waals surface area contributed by atoms with Crippen molar-refractivity contribution in [3.05, 3.63) is 53.1 Å². The molecule has 0 atom stereocenters. The van der Waals surface area contributed by atoms with Crippen LogP contribution in [-0.4, -0.2) is 13.1 Å². The van der Waals surface area contributed by atoms with Crippen molar-refractivity contribution in [3.8, 4) is 0 Å². The Kier molecular flexibility index (Phi) is 3.98. The van der Waals surface area contributed by atoms with E-state index in [1.165, 1.54) is 36.3 Å². The van der Waals surface area contributed by atoms with Gasteiger partial charge in [-0.15, -0.1) is 0 Å². The molecule has 1 aromatic rings. The van der Waals surface area contributed by atoms with Gasteiger partial charge in [-0.2, -0.15) is 0 Å². The number of aryl methyl sites for hydroxylation is 1. The molecular formula is C16H18O2. The van der Waals surface area contributed by atoms with Gasteiger partial charge in [0.2, 0.25) is 0 Å². The van der Waals surface area contributed by atoms with E-state index in [1.807, 2.05) is 6.08 Å². The fraction of sp³-hybridized carbons (Fsp3) is 0.312. The first-order valence-corrected chi connectivity index (χ1v) is 6.26. The zero-order valence-corrected chi connectivity index (χ0v) is 10.9. The summed E-state index contributed by atoms with van der Waals surface area (Å²) in [6, 6.07) is 8.51. The average molecular weight is 242 g/mol. The van der Waals surface area contributed by atoms with Gasteiger partial charge in [0.15, 0.2) is 0 Å². The van der Waals surface area contributed by atoms with E-state index in [2.05, 4.69) is 35.9 Å². The Morgan fingerprint density at radius 2 is 2.00 bits per heavy atom. The minimum atomic E-state index is -0.306. The first kappa shape index (κ1) is 12.6. The van der Waals surface area contributed by atoms with Gasteiger partial charge < -0.3 is 4.74 Å². The van der Waals surface area contributed by atoms with Crippen molar-refractivity contribution in [2.75, 3.05) is 7.11 Å². The zero-order chi connectivity index (χ0) is 13.0. The summed E-state index contributed by atoms with van der Waals surface area (Å²) in [5.41, 5.74) is 5.23. The lowest BCUT2D eigenvalue weighted by atomic mass is 9.85. The van der Waals surface area contributed by atoms with Gasteiger partial charge in [-0.05, 0) is 48.5 Å². The maximum Gasteiger partial charge on any atom is 0.330 e. The van der Waals surface area contributed by atoms with E-state index in [4.69, 9.17) is 0 Å². The molecule has 0 aliphatic heterocycles. The Labute approximate surface area is 108 Å². The quantitative estimate of drug-likeness (QED) is 0.586. The molecule has 0 aromatic heterocycles. The summed E-state index contributed by atoms with van der Waals surface area (Å²) in [4.78, 5) is 11.1. The number of fused-ring (bicyclic) bond motifs is 1. The highest BCUT2D eigenvalue weighted by molar-refractivity contribution is 5.83. The van der Waals surface area contributed by atoms with E-state index < -0.39 is 0 Å². The summed E-state index contributed by atoms with van der Waals surface area (Å²) < 4.78 is 4.61. The van der Waals surface area contributed by atoms with Crippen LogP contribution in [0.4, 0.5) is 0 Å². The molecule has 0 heterocycles. The van der Waals surface area contributed by atoms with Gasteiger partial charge in [0, 0.05) is 6.08 Å². The number of hydrogen-bond donors (Lipinski definition) is 0. The average Bonchev–Trinajstić information content (AvgIpc) is 2.43. The fourth-order valence-corrected chi connectivity index (χ4v) is 2.39. The summed E-state index contributed by atoms with van der Waals surface area (Å²) in [7, 11) is 1.39. The summed E-state index contributed by atoms with van der Waals surface area (Å²) >= 11 is 0. The highest BCUT2D eigenvalue weighted by atomic mass is 16.5. The number of allylic oxidation sites excluding steroid dienone is 3. The first-order valence-electron chi connectivity index (χ1n) is 6.26. The second kappa shape index (κ2) is 5.67. The summed E-state index contributed by atoms with van der Waals surface area (Å²) in [6.07, 6.45) is 6.74. The van der Waals surface area contributed by atoms with Crippen LogP contribution in [0.1, 0.15) is 30.9 Å². The van der Waals surface area contributed by atoms with Crippen LogP contribution in [-0.2, 0) is 16.0 Å². The SMILES string of the molecule is COC(=O)/C=C/C(C)=C1/CCCc2ccccc21. The van der Waals surface area contributed by atoms with E-state index in [0.717, 1.165) is 18.4 Å². The minimum Gasteiger partial charge on any atom is -0.466 e. The van der Waals surface area contributed by atoms with Gasteiger partial charge in [-0.1, -0.05) is 30.3 Å². The number of carbonyl (C=O) groups is 1. The van der Waals surface area contributed by atoms with Gasteiger partial charge in [0.1, 0.15) is 0 Å². The summed E-state index contributed by atoms with van der Waals surface area (Å²) in [5, 5.41) is 0. The molecule has 1 aliphatic rings. The molecule has 1 aromatic carbocycles. The van der Waals surface area contributed by atoms with E-state index in [1.54, 1.807) is 0 Å². The lowest BCUT2D eigenvalue weighted by Gasteiger charge is -2.20. The Morgan fingerprint density at radius 1 is 1.22 bits per heavy atom. The standard InChI is InChI=1S/C16H18O2/c1-12(10-11-16(17)18-2)14-9-5-7-13-6-3-4-8-15(13)14/h3-4,6,8,10-11H,5,7,9H2,1-2H3/b11-10+,14-12-. The third kappa shape index (κ3) is 2.70. The molecule has 0 N–H and O–H groups in total. The molecule has 0 saturated carbocycles. The summed E-state index contributed by atoms with van der Waals surface area (Å²) in [5.74, 6) is -0.306. The number of methoxy groups -OCH3 is 1. The molecule has 1 aliphatic carbocycles. The minimum absolute atomic E-state index is 0.306. The molecule has 18 heavy (non-hydrogen) atoms. The normalized spacial score (nSPS) is 17.4. The van der Waals surface area contributed by atoms with Crippen molar-refractivity contribution in [1.82, 2.24) is 0 Å². The molecule has 0 spiro atoms. The monoisotopic (exact) mass is 242 g/mol. The Morgan fingerprint density at radius 3 is 2.78 bits per heavy atom. The van der Waals surface area contributed by atoms with Crippen LogP contribution in [0, 0.1) is 0 Å². The number of ether oxygens (including phenoxy) is 1. The largest absolute Gasteiger partial charge is 0.466 e. The molecule has 0 bridgehead atoms. The van der Waals surface area contributed by atoms with E-state index in [9.17, 15) is 4.79 Å².